The summed E-state index contributed by atoms with van der Waals surface area (Å²) < 4.78 is 10.2. The van der Waals surface area contributed by atoms with Gasteiger partial charge in [0.05, 0.1) is 6.61 Å². The third kappa shape index (κ3) is 7.90. The Morgan fingerprint density at radius 3 is 2.34 bits per heavy atom. The molecule has 0 aliphatic rings. The summed E-state index contributed by atoms with van der Waals surface area (Å²) in [5, 5.41) is 0. The van der Waals surface area contributed by atoms with Crippen molar-refractivity contribution in [1.29, 1.82) is 0 Å². The van der Waals surface area contributed by atoms with Gasteiger partial charge in [-0.05, 0) is 42.7 Å². The van der Waals surface area contributed by atoms with Crippen LogP contribution in [0.4, 0.5) is 4.79 Å². The van der Waals surface area contributed by atoms with Gasteiger partial charge in [-0.15, -0.1) is 0 Å². The van der Waals surface area contributed by atoms with Crippen molar-refractivity contribution in [3.8, 4) is 5.75 Å². The predicted molar refractivity (Wildman–Crippen MR) is 115 cm³/mol. The molecule has 5 nitrogen and oxygen atoms in total. The van der Waals surface area contributed by atoms with E-state index >= 15 is 0 Å². The first-order chi connectivity index (χ1) is 14.1. The summed E-state index contributed by atoms with van der Waals surface area (Å²) in [7, 11) is 0. The van der Waals surface area contributed by atoms with Gasteiger partial charge in [0.2, 0.25) is 0 Å². The number of unbranched alkanes of at least 4 members (excludes halogenated alkanes) is 2. The predicted octanol–water partition coefficient (Wildman–Crippen LogP) is 5.86. The normalized spacial score (nSPS) is 11.9. The van der Waals surface area contributed by atoms with Gasteiger partial charge >= 0.3 is 6.16 Å². The molecule has 0 aliphatic heterocycles. The van der Waals surface area contributed by atoms with E-state index in [1.807, 2.05) is 37.3 Å². The van der Waals surface area contributed by atoms with Gasteiger partial charge in [0.25, 0.3) is 0 Å². The molecule has 0 spiro atoms. The van der Waals surface area contributed by atoms with Crippen molar-refractivity contribution in [2.24, 2.45) is 4.99 Å². The summed E-state index contributed by atoms with van der Waals surface area (Å²) in [6.45, 7) is 4.49. The number of ether oxygens (including phenoxy) is 2. The maximum absolute atomic E-state index is 12.7. The number of ketones is 1. The Balaban J connectivity index is 1.93. The molecule has 0 bridgehead atoms. The minimum absolute atomic E-state index is 0.0227. The van der Waals surface area contributed by atoms with E-state index in [4.69, 9.17) is 9.47 Å². The summed E-state index contributed by atoms with van der Waals surface area (Å²) in [6.07, 6.45) is 5.47. The highest BCUT2D eigenvalue weighted by atomic mass is 16.7. The first kappa shape index (κ1) is 22.3. The number of nitrogens with zero attached hydrogens (tertiary/aromatic N) is 1. The molecule has 2 aromatic carbocycles. The molecule has 0 N–H and O–H groups in total. The zero-order valence-electron chi connectivity index (χ0n) is 17.2. The molecule has 1 atom stereocenters. The highest BCUT2D eigenvalue weighted by molar-refractivity contribution is 6.01. The van der Waals surface area contributed by atoms with Crippen LogP contribution in [0.25, 0.3) is 0 Å². The first-order valence-electron chi connectivity index (χ1n) is 10.2. The number of rotatable bonds is 11. The Bertz CT molecular complexity index is 784. The van der Waals surface area contributed by atoms with E-state index in [2.05, 4.69) is 11.9 Å². The first-order valence-corrected chi connectivity index (χ1v) is 10.2. The van der Waals surface area contributed by atoms with Crippen molar-refractivity contribution < 1.29 is 19.1 Å². The summed E-state index contributed by atoms with van der Waals surface area (Å²) in [6, 6.07) is 15.8. The van der Waals surface area contributed by atoms with Crippen molar-refractivity contribution in [3.05, 3.63) is 65.7 Å². The Kier molecular flexibility index (Phi) is 9.63. The van der Waals surface area contributed by atoms with Crippen LogP contribution in [0.1, 0.15) is 61.9 Å². The number of carbonyl (C=O) groups excluding carboxylic acids is 2. The number of hydrogen-bond acceptors (Lipinski definition) is 5. The van der Waals surface area contributed by atoms with Gasteiger partial charge in [-0.3, -0.25) is 9.79 Å². The molecule has 2 rings (SSSR count). The number of carbonyl (C=O) groups is 2. The molecule has 0 amide bonds. The molecular formula is C24H29NO4. The maximum atomic E-state index is 12.7. The Morgan fingerprint density at radius 2 is 1.69 bits per heavy atom. The van der Waals surface area contributed by atoms with Crippen molar-refractivity contribution >= 4 is 18.2 Å². The second-order valence-corrected chi connectivity index (χ2v) is 6.79. The summed E-state index contributed by atoms with van der Waals surface area (Å²) in [5.41, 5.74) is 1.50. The molecule has 0 fully saturated rings. The minimum atomic E-state index is -0.695. The summed E-state index contributed by atoms with van der Waals surface area (Å²) >= 11 is 0. The second kappa shape index (κ2) is 12.5. The van der Waals surface area contributed by atoms with E-state index in [1.54, 1.807) is 30.5 Å². The third-order valence-electron chi connectivity index (χ3n) is 4.38. The van der Waals surface area contributed by atoms with E-state index in [1.165, 1.54) is 0 Å². The molecule has 0 saturated heterocycles. The van der Waals surface area contributed by atoms with E-state index in [0.29, 0.717) is 24.3 Å². The number of hydrogen-bond donors (Lipinski definition) is 0. The van der Waals surface area contributed by atoms with Crippen LogP contribution in [-0.4, -0.2) is 30.8 Å². The highest BCUT2D eigenvalue weighted by Crippen LogP contribution is 2.14. The van der Waals surface area contributed by atoms with Crippen molar-refractivity contribution in [2.75, 3.05) is 6.61 Å². The molecule has 154 valence electrons. The van der Waals surface area contributed by atoms with Gasteiger partial charge in [-0.1, -0.05) is 63.4 Å². The molecule has 1 unspecified atom stereocenters. The van der Waals surface area contributed by atoms with Crippen LogP contribution in [0.15, 0.2) is 59.6 Å². The van der Waals surface area contributed by atoms with Crippen LogP contribution in [0.2, 0.25) is 0 Å². The van der Waals surface area contributed by atoms with Gasteiger partial charge in [0.15, 0.2) is 5.78 Å². The van der Waals surface area contributed by atoms with Gasteiger partial charge < -0.3 is 9.47 Å². The zero-order valence-corrected chi connectivity index (χ0v) is 17.2. The van der Waals surface area contributed by atoms with Gasteiger partial charge in [0, 0.05) is 11.8 Å². The van der Waals surface area contributed by atoms with E-state index < -0.39 is 12.2 Å². The lowest BCUT2D eigenvalue weighted by Gasteiger charge is -2.10. The highest BCUT2D eigenvalue weighted by Gasteiger charge is 2.17. The summed E-state index contributed by atoms with van der Waals surface area (Å²) in [5.74, 6) is 0.433. The quantitative estimate of drug-likeness (QED) is 0.157. The fourth-order valence-corrected chi connectivity index (χ4v) is 2.77. The summed E-state index contributed by atoms with van der Waals surface area (Å²) in [4.78, 5) is 28.8. The van der Waals surface area contributed by atoms with Crippen LogP contribution in [-0.2, 0) is 4.74 Å². The lowest BCUT2D eigenvalue weighted by atomic mass is 10.0. The zero-order chi connectivity index (χ0) is 20.9. The fourth-order valence-electron chi connectivity index (χ4n) is 2.77. The molecule has 2 aromatic rings. The van der Waals surface area contributed by atoms with Gasteiger partial charge in [-0.25, -0.2) is 4.79 Å². The van der Waals surface area contributed by atoms with Crippen molar-refractivity contribution in [1.82, 2.24) is 0 Å². The largest absolute Gasteiger partial charge is 0.513 e. The number of Topliss-reactive ketones (excluding diaryl/α,β-unsaturated/α-hetero) is 1. The molecule has 29 heavy (non-hydrogen) atoms. The van der Waals surface area contributed by atoms with Gasteiger partial charge in [0.1, 0.15) is 11.8 Å². The SMILES string of the molecule is CCCCCOC(=O)Oc1ccc(C=NC(CCC)C(=O)c2ccccc2)cc1. The van der Waals surface area contributed by atoms with E-state index in [0.717, 1.165) is 31.2 Å². The maximum Gasteiger partial charge on any atom is 0.513 e. The van der Waals surface area contributed by atoms with Crippen LogP contribution in [0.3, 0.4) is 0 Å². The van der Waals surface area contributed by atoms with Crippen LogP contribution in [0, 0.1) is 0 Å². The molecule has 0 aromatic heterocycles. The molecule has 0 radical (unpaired) electrons. The average molecular weight is 395 g/mol. The van der Waals surface area contributed by atoms with Crippen LogP contribution < -0.4 is 4.74 Å². The average Bonchev–Trinajstić information content (AvgIpc) is 2.75. The Labute approximate surface area is 172 Å². The molecule has 5 heteroatoms. The molecular weight excluding hydrogens is 366 g/mol. The van der Waals surface area contributed by atoms with Crippen molar-refractivity contribution in [2.45, 2.75) is 52.0 Å². The molecule has 0 heterocycles. The molecule has 0 saturated carbocycles. The monoisotopic (exact) mass is 395 g/mol. The fraction of sp³-hybridized carbons (Fsp3) is 0.375. The molecule has 0 aliphatic carbocycles. The van der Waals surface area contributed by atoms with E-state index in [9.17, 15) is 9.59 Å². The number of benzene rings is 2. The Hall–Kier alpha value is -2.95. The smallest absolute Gasteiger partial charge is 0.434 e. The lowest BCUT2D eigenvalue weighted by Crippen LogP contribution is -2.19. The van der Waals surface area contributed by atoms with Crippen molar-refractivity contribution in [3.63, 3.8) is 0 Å². The second-order valence-electron chi connectivity index (χ2n) is 6.79. The van der Waals surface area contributed by atoms with Crippen LogP contribution in [0.5, 0.6) is 5.75 Å². The minimum Gasteiger partial charge on any atom is -0.434 e. The van der Waals surface area contributed by atoms with Gasteiger partial charge in [-0.2, -0.15) is 0 Å². The number of aliphatic imine (C=N–C) groups is 1. The Morgan fingerprint density at radius 1 is 0.966 bits per heavy atom. The standard InChI is InChI=1S/C24H29NO4/c1-3-5-9-17-28-24(27)29-21-15-13-19(14-16-21)18-25-22(10-4-2)23(26)20-11-7-6-8-12-20/h6-8,11-16,18,22H,3-5,9-10,17H2,1-2H3. The van der Waals surface area contributed by atoms with E-state index in [-0.39, 0.29) is 5.78 Å². The van der Waals surface area contributed by atoms with Crippen LogP contribution >= 0.6 is 0 Å². The topological polar surface area (TPSA) is 65.0 Å². The lowest BCUT2D eigenvalue weighted by molar-refractivity contribution is 0.0954. The third-order valence-corrected chi connectivity index (χ3v) is 4.38.